The van der Waals surface area contributed by atoms with Crippen molar-refractivity contribution in [2.75, 3.05) is 0 Å². The summed E-state index contributed by atoms with van der Waals surface area (Å²) in [4.78, 5) is 15.8. The molecule has 0 aliphatic carbocycles. The molecule has 0 aliphatic rings. The van der Waals surface area contributed by atoms with Crippen LogP contribution in [0.4, 0.5) is 0 Å². The minimum absolute atomic E-state index is 0.117. The molecule has 0 saturated heterocycles. The molecule has 1 atom stereocenters. The van der Waals surface area contributed by atoms with Gasteiger partial charge < -0.3 is 11.1 Å². The van der Waals surface area contributed by atoms with E-state index >= 15 is 0 Å². The Kier molecular flexibility index (Phi) is 4.23. The molecule has 1 aromatic rings. The van der Waals surface area contributed by atoms with Crippen molar-refractivity contribution >= 4 is 5.91 Å². The van der Waals surface area contributed by atoms with E-state index in [0.29, 0.717) is 6.54 Å². The first-order valence-electron chi connectivity index (χ1n) is 5.75. The predicted molar refractivity (Wildman–Crippen MR) is 68.3 cm³/mol. The van der Waals surface area contributed by atoms with Crippen LogP contribution in [-0.2, 0) is 11.3 Å². The van der Waals surface area contributed by atoms with E-state index in [9.17, 15) is 4.79 Å². The van der Waals surface area contributed by atoms with Crippen LogP contribution >= 0.6 is 0 Å². The van der Waals surface area contributed by atoms with Crippen molar-refractivity contribution in [3.63, 3.8) is 0 Å². The van der Waals surface area contributed by atoms with Gasteiger partial charge in [-0.05, 0) is 29.5 Å². The summed E-state index contributed by atoms with van der Waals surface area (Å²) in [5.41, 5.74) is 7.78. The highest BCUT2D eigenvalue weighted by Crippen LogP contribution is 2.17. The monoisotopic (exact) mass is 235 g/mol. The predicted octanol–water partition coefficient (Wildman–Crippen LogP) is 1.38. The molecule has 4 heteroatoms. The fourth-order valence-corrected chi connectivity index (χ4v) is 1.39. The summed E-state index contributed by atoms with van der Waals surface area (Å²) < 4.78 is 0. The van der Waals surface area contributed by atoms with Gasteiger partial charge in [-0.1, -0.05) is 20.8 Å². The van der Waals surface area contributed by atoms with Crippen molar-refractivity contribution < 1.29 is 4.79 Å². The molecule has 0 aromatic carbocycles. The van der Waals surface area contributed by atoms with Gasteiger partial charge in [0.15, 0.2) is 0 Å². The third-order valence-corrected chi connectivity index (χ3v) is 2.81. The van der Waals surface area contributed by atoms with Gasteiger partial charge in [-0.2, -0.15) is 0 Å². The quantitative estimate of drug-likeness (QED) is 0.831. The van der Waals surface area contributed by atoms with Crippen LogP contribution < -0.4 is 11.1 Å². The topological polar surface area (TPSA) is 68.0 Å². The molecule has 0 radical (unpaired) electrons. The van der Waals surface area contributed by atoms with E-state index in [4.69, 9.17) is 5.73 Å². The number of hydrogen-bond donors (Lipinski definition) is 2. The zero-order valence-electron chi connectivity index (χ0n) is 10.9. The Hall–Kier alpha value is -1.42. The first kappa shape index (κ1) is 13.6. The fourth-order valence-electron chi connectivity index (χ4n) is 1.39. The number of aromatic nitrogens is 1. The van der Waals surface area contributed by atoms with Gasteiger partial charge in [-0.15, -0.1) is 0 Å². The number of aryl methyl sites for hydroxylation is 1. The molecule has 4 nitrogen and oxygen atoms in total. The van der Waals surface area contributed by atoms with Crippen molar-refractivity contribution in [3.8, 4) is 0 Å². The van der Waals surface area contributed by atoms with Gasteiger partial charge in [-0.3, -0.25) is 9.78 Å². The molecule has 0 saturated carbocycles. The zero-order valence-corrected chi connectivity index (χ0v) is 10.9. The Morgan fingerprint density at radius 3 is 2.71 bits per heavy atom. The van der Waals surface area contributed by atoms with Crippen molar-refractivity contribution in [3.05, 3.63) is 29.6 Å². The van der Waals surface area contributed by atoms with E-state index < -0.39 is 6.04 Å². The highest BCUT2D eigenvalue weighted by Gasteiger charge is 2.27. The number of nitrogens with zero attached hydrogens (tertiary/aromatic N) is 1. The van der Waals surface area contributed by atoms with Crippen LogP contribution in [0.25, 0.3) is 0 Å². The molecular formula is C13H21N3O. The molecule has 1 heterocycles. The van der Waals surface area contributed by atoms with Crippen LogP contribution in [0.2, 0.25) is 0 Å². The molecule has 0 aliphatic heterocycles. The minimum atomic E-state index is -0.496. The molecule has 3 N–H and O–H groups in total. The Morgan fingerprint density at radius 2 is 2.18 bits per heavy atom. The number of pyridine rings is 1. The smallest absolute Gasteiger partial charge is 0.237 e. The third kappa shape index (κ3) is 3.82. The Morgan fingerprint density at radius 1 is 1.53 bits per heavy atom. The summed E-state index contributed by atoms with van der Waals surface area (Å²) >= 11 is 0. The molecule has 0 spiro atoms. The number of amides is 1. The fraction of sp³-hybridized carbons (Fsp3) is 0.538. The molecule has 17 heavy (non-hydrogen) atoms. The van der Waals surface area contributed by atoms with Gasteiger partial charge in [0.05, 0.1) is 6.04 Å². The molecule has 1 aromatic heterocycles. The Bertz CT molecular complexity index is 396. The second kappa shape index (κ2) is 5.27. The van der Waals surface area contributed by atoms with Crippen molar-refractivity contribution in [1.82, 2.24) is 10.3 Å². The Balaban J connectivity index is 2.58. The van der Waals surface area contributed by atoms with Crippen LogP contribution in [0.1, 0.15) is 31.9 Å². The molecule has 1 amide bonds. The summed E-state index contributed by atoms with van der Waals surface area (Å²) in [6.45, 7) is 8.33. The van der Waals surface area contributed by atoms with E-state index in [2.05, 4.69) is 10.3 Å². The molecule has 1 rings (SSSR count). The lowest BCUT2D eigenvalue weighted by atomic mass is 9.87. The van der Waals surface area contributed by atoms with E-state index in [1.54, 1.807) is 12.4 Å². The molecular weight excluding hydrogens is 214 g/mol. The maximum absolute atomic E-state index is 11.8. The van der Waals surface area contributed by atoms with Crippen LogP contribution in [0.15, 0.2) is 18.5 Å². The molecule has 1 unspecified atom stereocenters. The highest BCUT2D eigenvalue weighted by atomic mass is 16.2. The lowest BCUT2D eigenvalue weighted by molar-refractivity contribution is -0.124. The van der Waals surface area contributed by atoms with Gasteiger partial charge in [0, 0.05) is 18.9 Å². The summed E-state index contributed by atoms with van der Waals surface area (Å²) in [6.07, 6.45) is 3.50. The number of carbonyl (C=O) groups is 1. The van der Waals surface area contributed by atoms with Gasteiger partial charge in [0.25, 0.3) is 0 Å². The second-order valence-electron chi connectivity index (χ2n) is 5.36. The lowest BCUT2D eigenvalue weighted by Crippen LogP contribution is -2.48. The number of carbonyl (C=O) groups excluding carboxylic acids is 1. The summed E-state index contributed by atoms with van der Waals surface area (Å²) in [5.74, 6) is -0.117. The van der Waals surface area contributed by atoms with E-state index in [1.807, 2.05) is 33.8 Å². The first-order chi connectivity index (χ1) is 7.82. The number of nitrogens with two attached hydrogens (primary N) is 1. The van der Waals surface area contributed by atoms with Crippen LogP contribution in [-0.4, -0.2) is 16.9 Å². The zero-order chi connectivity index (χ0) is 13.1. The van der Waals surface area contributed by atoms with Gasteiger partial charge in [0.2, 0.25) is 5.91 Å². The van der Waals surface area contributed by atoms with Crippen molar-refractivity contribution in [1.29, 1.82) is 0 Å². The first-order valence-corrected chi connectivity index (χ1v) is 5.75. The summed E-state index contributed by atoms with van der Waals surface area (Å²) in [7, 11) is 0. The molecule has 0 bridgehead atoms. The highest BCUT2D eigenvalue weighted by molar-refractivity contribution is 5.82. The maximum Gasteiger partial charge on any atom is 0.237 e. The number of rotatable bonds is 3. The van der Waals surface area contributed by atoms with Gasteiger partial charge in [0.1, 0.15) is 0 Å². The maximum atomic E-state index is 11.8. The standard InChI is InChI=1S/C13H21N3O/c1-9-7-15-6-5-10(9)8-16-12(17)11(14)13(2,3)4/h5-7,11H,8,14H2,1-4H3,(H,16,17). The molecule has 0 fully saturated rings. The summed E-state index contributed by atoms with van der Waals surface area (Å²) in [6, 6.07) is 1.41. The normalized spacial score (nSPS) is 13.2. The van der Waals surface area contributed by atoms with Gasteiger partial charge >= 0.3 is 0 Å². The van der Waals surface area contributed by atoms with Crippen LogP contribution in [0.5, 0.6) is 0 Å². The average molecular weight is 235 g/mol. The minimum Gasteiger partial charge on any atom is -0.351 e. The van der Waals surface area contributed by atoms with Crippen molar-refractivity contribution in [2.24, 2.45) is 11.1 Å². The summed E-state index contributed by atoms with van der Waals surface area (Å²) in [5, 5.41) is 2.85. The van der Waals surface area contributed by atoms with Crippen LogP contribution in [0, 0.1) is 12.3 Å². The van der Waals surface area contributed by atoms with Crippen molar-refractivity contribution in [2.45, 2.75) is 40.3 Å². The third-order valence-electron chi connectivity index (χ3n) is 2.81. The van der Waals surface area contributed by atoms with E-state index in [0.717, 1.165) is 11.1 Å². The Labute approximate surface area is 103 Å². The lowest BCUT2D eigenvalue weighted by Gasteiger charge is -2.25. The van der Waals surface area contributed by atoms with E-state index in [-0.39, 0.29) is 11.3 Å². The molecule has 94 valence electrons. The second-order valence-corrected chi connectivity index (χ2v) is 5.36. The van der Waals surface area contributed by atoms with Gasteiger partial charge in [-0.25, -0.2) is 0 Å². The largest absolute Gasteiger partial charge is 0.351 e. The number of hydrogen-bond acceptors (Lipinski definition) is 3. The average Bonchev–Trinajstić information content (AvgIpc) is 2.25. The van der Waals surface area contributed by atoms with Crippen LogP contribution in [0.3, 0.4) is 0 Å². The van der Waals surface area contributed by atoms with E-state index in [1.165, 1.54) is 0 Å². The number of nitrogens with one attached hydrogen (secondary N) is 1. The SMILES string of the molecule is Cc1cnccc1CNC(=O)C(N)C(C)(C)C.